The summed E-state index contributed by atoms with van der Waals surface area (Å²) in [7, 11) is 0. The van der Waals surface area contributed by atoms with Gasteiger partial charge in [0.05, 0.1) is 6.54 Å². The molecule has 0 N–H and O–H groups in total. The van der Waals surface area contributed by atoms with Crippen LogP contribution in [0.3, 0.4) is 0 Å². The maximum absolute atomic E-state index is 13.2. The molecule has 1 fully saturated rings. The molecule has 0 amide bonds. The fourth-order valence-corrected chi connectivity index (χ4v) is 5.45. The Labute approximate surface area is 162 Å². The third kappa shape index (κ3) is 3.29. The van der Waals surface area contributed by atoms with Gasteiger partial charge in [-0.3, -0.25) is 4.48 Å². The summed E-state index contributed by atoms with van der Waals surface area (Å²) in [5.74, 6) is 1.08. The molecule has 0 saturated heterocycles. The molecular weight excluding hydrogens is 338 g/mol. The van der Waals surface area contributed by atoms with E-state index in [9.17, 15) is 9.90 Å². The van der Waals surface area contributed by atoms with E-state index in [0.717, 1.165) is 25.9 Å². The van der Waals surface area contributed by atoms with Crippen molar-refractivity contribution in [3.63, 3.8) is 0 Å². The lowest BCUT2D eigenvalue weighted by Crippen LogP contribution is -2.45. The predicted molar refractivity (Wildman–Crippen MR) is 102 cm³/mol. The predicted octanol–water partition coefficient (Wildman–Crippen LogP) is 3.50. The standard InChI is InChI=1S/C23H31NO3/c1-15(2)19-9-8-16(3)12-21(19)27-23(26)22-20(25)10-11-24(22)13-17-6-4-5-7-18(17)14-24/h4-7,15-16,19,21H,8-14H2,1-3H3/t16-,19+,21-/m1/s1. The molecule has 146 valence electrons. The topological polar surface area (TPSA) is 49.4 Å². The molecule has 2 aliphatic heterocycles. The second-order valence-electron chi connectivity index (χ2n) is 9.25. The molecule has 1 saturated carbocycles. The van der Waals surface area contributed by atoms with Gasteiger partial charge in [0.25, 0.3) is 0 Å². The minimum Gasteiger partial charge on any atom is -0.871 e. The van der Waals surface area contributed by atoms with E-state index in [1.165, 1.54) is 17.5 Å². The number of ether oxygens (including phenoxy) is 1. The summed E-state index contributed by atoms with van der Waals surface area (Å²) in [6.07, 6.45) is 3.60. The summed E-state index contributed by atoms with van der Waals surface area (Å²) in [6.45, 7) is 8.84. The Morgan fingerprint density at radius 2 is 1.85 bits per heavy atom. The van der Waals surface area contributed by atoms with E-state index in [4.69, 9.17) is 4.74 Å². The zero-order valence-corrected chi connectivity index (χ0v) is 16.7. The Hall–Kier alpha value is -1.81. The first-order valence-electron chi connectivity index (χ1n) is 10.4. The van der Waals surface area contributed by atoms with Crippen LogP contribution in [0.2, 0.25) is 0 Å². The Balaban J connectivity index is 1.56. The summed E-state index contributed by atoms with van der Waals surface area (Å²) in [5.41, 5.74) is 2.90. The molecule has 2 heterocycles. The van der Waals surface area contributed by atoms with E-state index in [1.807, 2.05) is 12.1 Å². The second kappa shape index (κ2) is 6.97. The number of carbonyl (C=O) groups excluding carboxylic acids is 1. The molecule has 1 aromatic rings. The van der Waals surface area contributed by atoms with Crippen molar-refractivity contribution in [1.29, 1.82) is 0 Å². The van der Waals surface area contributed by atoms with Crippen molar-refractivity contribution in [1.82, 2.24) is 0 Å². The normalized spacial score (nSPS) is 29.4. The van der Waals surface area contributed by atoms with Crippen molar-refractivity contribution in [2.45, 2.75) is 65.6 Å². The zero-order chi connectivity index (χ0) is 19.2. The van der Waals surface area contributed by atoms with E-state index < -0.39 is 0 Å². The number of nitrogens with zero attached hydrogens (tertiary/aromatic N) is 1. The Morgan fingerprint density at radius 3 is 2.48 bits per heavy atom. The minimum atomic E-state index is -0.352. The van der Waals surface area contributed by atoms with Crippen LogP contribution in [0.1, 0.15) is 57.6 Å². The van der Waals surface area contributed by atoms with Crippen molar-refractivity contribution in [3.8, 4) is 0 Å². The number of hydrogen-bond donors (Lipinski definition) is 0. The number of benzene rings is 1. The highest BCUT2D eigenvalue weighted by Gasteiger charge is 2.48. The van der Waals surface area contributed by atoms with Crippen LogP contribution >= 0.6 is 0 Å². The first kappa shape index (κ1) is 18.5. The molecule has 0 unspecified atom stereocenters. The molecular formula is C23H31NO3. The number of fused-ring (bicyclic) bond motifs is 1. The maximum atomic E-state index is 13.2. The largest absolute Gasteiger partial charge is 0.871 e. The molecule has 1 aromatic carbocycles. The van der Waals surface area contributed by atoms with Crippen LogP contribution in [-0.4, -0.2) is 23.1 Å². The number of hydrogen-bond acceptors (Lipinski definition) is 3. The lowest BCUT2D eigenvalue weighted by Gasteiger charge is -2.38. The summed E-state index contributed by atoms with van der Waals surface area (Å²) in [4.78, 5) is 13.2. The molecule has 0 radical (unpaired) electrons. The van der Waals surface area contributed by atoms with E-state index in [2.05, 4.69) is 32.9 Å². The van der Waals surface area contributed by atoms with Crippen LogP contribution in [0.5, 0.6) is 0 Å². The van der Waals surface area contributed by atoms with Gasteiger partial charge in [0, 0.05) is 17.5 Å². The molecule has 3 aliphatic rings. The average molecular weight is 370 g/mol. The average Bonchev–Trinajstić information content (AvgIpc) is 3.14. The SMILES string of the molecule is CC(C)[C@@H]1CC[C@@H](C)C[C@H]1OC(=O)C1=C([O-])CC[N+]12Cc1ccccc1C2. The quantitative estimate of drug-likeness (QED) is 0.605. The molecule has 4 heteroatoms. The maximum Gasteiger partial charge on any atom is 0.392 e. The van der Waals surface area contributed by atoms with Gasteiger partial charge in [0.2, 0.25) is 5.70 Å². The summed E-state index contributed by atoms with van der Waals surface area (Å²) in [6, 6.07) is 8.30. The lowest BCUT2D eigenvalue weighted by atomic mass is 9.75. The van der Waals surface area contributed by atoms with Crippen molar-refractivity contribution in [3.05, 3.63) is 46.8 Å². The van der Waals surface area contributed by atoms with Crippen LogP contribution in [0.25, 0.3) is 0 Å². The van der Waals surface area contributed by atoms with E-state index in [1.54, 1.807) is 0 Å². The van der Waals surface area contributed by atoms with Gasteiger partial charge in [-0.25, -0.2) is 4.79 Å². The molecule has 1 spiro atoms. The van der Waals surface area contributed by atoms with Crippen LogP contribution in [-0.2, 0) is 22.6 Å². The Bertz CT molecular complexity index is 742. The monoisotopic (exact) mass is 369 g/mol. The third-order valence-corrected chi connectivity index (χ3v) is 6.98. The first-order valence-corrected chi connectivity index (χ1v) is 10.4. The van der Waals surface area contributed by atoms with E-state index in [-0.39, 0.29) is 17.8 Å². The van der Waals surface area contributed by atoms with Gasteiger partial charge in [-0.2, -0.15) is 0 Å². The fourth-order valence-electron chi connectivity index (χ4n) is 5.45. The van der Waals surface area contributed by atoms with Crippen LogP contribution in [0, 0.1) is 17.8 Å². The zero-order valence-electron chi connectivity index (χ0n) is 16.7. The molecule has 0 aromatic heterocycles. The van der Waals surface area contributed by atoms with Crippen LogP contribution in [0.4, 0.5) is 0 Å². The van der Waals surface area contributed by atoms with Gasteiger partial charge in [-0.05, 0) is 30.6 Å². The summed E-state index contributed by atoms with van der Waals surface area (Å²) >= 11 is 0. The number of carbonyl (C=O) groups is 1. The first-order chi connectivity index (χ1) is 12.9. The third-order valence-electron chi connectivity index (χ3n) is 6.98. The van der Waals surface area contributed by atoms with Gasteiger partial charge in [0.15, 0.2) is 0 Å². The number of quaternary nitrogens is 1. The highest BCUT2D eigenvalue weighted by atomic mass is 16.5. The highest BCUT2D eigenvalue weighted by molar-refractivity contribution is 5.87. The van der Waals surface area contributed by atoms with Crippen LogP contribution < -0.4 is 5.11 Å². The molecule has 3 atom stereocenters. The van der Waals surface area contributed by atoms with Crippen molar-refractivity contribution in [2.24, 2.45) is 17.8 Å². The van der Waals surface area contributed by atoms with Gasteiger partial charge in [-0.15, -0.1) is 0 Å². The smallest absolute Gasteiger partial charge is 0.392 e. The van der Waals surface area contributed by atoms with Gasteiger partial charge in [-0.1, -0.05) is 57.2 Å². The lowest BCUT2D eigenvalue weighted by molar-refractivity contribution is -0.902. The number of esters is 1. The van der Waals surface area contributed by atoms with Gasteiger partial charge < -0.3 is 9.84 Å². The molecule has 4 rings (SSSR count). The van der Waals surface area contributed by atoms with Crippen molar-refractivity contribution < 1.29 is 19.1 Å². The van der Waals surface area contributed by atoms with Crippen molar-refractivity contribution in [2.75, 3.05) is 6.54 Å². The molecule has 0 bridgehead atoms. The van der Waals surface area contributed by atoms with Crippen LogP contribution in [0.15, 0.2) is 35.7 Å². The van der Waals surface area contributed by atoms with E-state index >= 15 is 0 Å². The second-order valence-corrected chi connectivity index (χ2v) is 9.25. The molecule has 1 aliphatic carbocycles. The Kier molecular flexibility index (Phi) is 4.79. The van der Waals surface area contributed by atoms with Gasteiger partial charge in [0.1, 0.15) is 19.2 Å². The highest BCUT2D eigenvalue weighted by Crippen LogP contribution is 2.42. The minimum absolute atomic E-state index is 0.0160. The number of rotatable bonds is 3. The Morgan fingerprint density at radius 1 is 1.19 bits per heavy atom. The molecule has 27 heavy (non-hydrogen) atoms. The summed E-state index contributed by atoms with van der Waals surface area (Å²) < 4.78 is 6.53. The summed E-state index contributed by atoms with van der Waals surface area (Å²) in [5, 5.41) is 12.7. The van der Waals surface area contributed by atoms with E-state index in [0.29, 0.717) is 40.9 Å². The fraction of sp³-hybridized carbons (Fsp3) is 0.609. The van der Waals surface area contributed by atoms with Crippen molar-refractivity contribution >= 4 is 5.97 Å². The molecule has 4 nitrogen and oxygen atoms in total. The van der Waals surface area contributed by atoms with Gasteiger partial charge >= 0.3 is 5.97 Å².